The van der Waals surface area contributed by atoms with Crippen molar-refractivity contribution in [3.63, 3.8) is 0 Å². The van der Waals surface area contributed by atoms with E-state index in [1.807, 2.05) is 13.8 Å². The molecule has 1 atom stereocenters. The molecule has 3 nitrogen and oxygen atoms in total. The Balaban J connectivity index is 2.51. The van der Waals surface area contributed by atoms with Gasteiger partial charge in [-0.05, 0) is 19.8 Å². The first-order valence-electron chi connectivity index (χ1n) is 5.34. The normalized spacial score (nSPS) is 24.2. The zero-order valence-corrected chi connectivity index (χ0v) is 8.75. The molecule has 0 unspecified atom stereocenters. The number of rotatable bonds is 4. The third-order valence-corrected chi connectivity index (χ3v) is 2.69. The van der Waals surface area contributed by atoms with Gasteiger partial charge in [-0.25, -0.2) is 0 Å². The van der Waals surface area contributed by atoms with E-state index < -0.39 is 5.91 Å². The summed E-state index contributed by atoms with van der Waals surface area (Å²) in [4.78, 5) is 2.06. The van der Waals surface area contributed by atoms with E-state index in [2.05, 4.69) is 4.90 Å². The van der Waals surface area contributed by atoms with Crippen LogP contribution in [0.1, 0.15) is 39.5 Å². The van der Waals surface area contributed by atoms with Gasteiger partial charge < -0.3 is 9.84 Å². The molecule has 3 heteroatoms. The molecule has 1 N–H and O–H groups in total. The van der Waals surface area contributed by atoms with Crippen molar-refractivity contribution in [1.29, 1.82) is 0 Å². The van der Waals surface area contributed by atoms with Gasteiger partial charge in [-0.3, -0.25) is 4.90 Å². The Morgan fingerprint density at radius 3 is 2.31 bits per heavy atom. The summed E-state index contributed by atoms with van der Waals surface area (Å²) < 4.78 is 5.40. The maximum atomic E-state index is 10.1. The standard InChI is InChI=1S/C10H21NO2/c1-3-10(12,13-4-2)11-8-6-5-7-9-11/h12H,3-9H2,1-2H3/t10-/m0/s1. The second-order valence-corrected chi connectivity index (χ2v) is 3.58. The molecule has 0 aromatic rings. The lowest BCUT2D eigenvalue weighted by atomic mass is 10.1. The number of hydrogen-bond acceptors (Lipinski definition) is 3. The molecule has 0 amide bonds. The third kappa shape index (κ3) is 2.66. The molecule has 0 aromatic heterocycles. The van der Waals surface area contributed by atoms with Crippen molar-refractivity contribution >= 4 is 0 Å². The highest BCUT2D eigenvalue weighted by Gasteiger charge is 2.33. The van der Waals surface area contributed by atoms with Gasteiger partial charge in [0.2, 0.25) is 5.91 Å². The molecule has 1 rings (SSSR count). The summed E-state index contributed by atoms with van der Waals surface area (Å²) in [6.45, 7) is 6.38. The van der Waals surface area contributed by atoms with E-state index >= 15 is 0 Å². The van der Waals surface area contributed by atoms with Crippen LogP contribution in [0.25, 0.3) is 0 Å². The molecule has 1 fully saturated rings. The summed E-state index contributed by atoms with van der Waals surface area (Å²) in [5.41, 5.74) is 0. The molecule has 0 spiro atoms. The predicted molar refractivity (Wildman–Crippen MR) is 52.3 cm³/mol. The quantitative estimate of drug-likeness (QED) is 0.678. The summed E-state index contributed by atoms with van der Waals surface area (Å²) in [5.74, 6) is -1.00. The van der Waals surface area contributed by atoms with E-state index in [9.17, 15) is 5.11 Å². The average Bonchev–Trinajstić information content (AvgIpc) is 2.19. The van der Waals surface area contributed by atoms with Crippen LogP contribution in [0.15, 0.2) is 0 Å². The smallest absolute Gasteiger partial charge is 0.227 e. The number of piperidine rings is 1. The minimum absolute atomic E-state index is 0.570. The van der Waals surface area contributed by atoms with Gasteiger partial charge >= 0.3 is 0 Å². The fraction of sp³-hybridized carbons (Fsp3) is 1.00. The van der Waals surface area contributed by atoms with Crippen molar-refractivity contribution in [2.24, 2.45) is 0 Å². The van der Waals surface area contributed by atoms with Crippen LogP contribution < -0.4 is 0 Å². The second kappa shape index (κ2) is 4.94. The topological polar surface area (TPSA) is 32.7 Å². The second-order valence-electron chi connectivity index (χ2n) is 3.58. The third-order valence-electron chi connectivity index (χ3n) is 2.69. The Kier molecular flexibility index (Phi) is 4.16. The minimum atomic E-state index is -1.00. The van der Waals surface area contributed by atoms with Crippen molar-refractivity contribution in [2.45, 2.75) is 45.4 Å². The van der Waals surface area contributed by atoms with Gasteiger partial charge in [0.1, 0.15) is 0 Å². The largest absolute Gasteiger partial charge is 0.353 e. The van der Waals surface area contributed by atoms with Crippen molar-refractivity contribution in [3.8, 4) is 0 Å². The van der Waals surface area contributed by atoms with E-state index in [-0.39, 0.29) is 0 Å². The molecule has 1 aliphatic heterocycles. The Morgan fingerprint density at radius 1 is 1.23 bits per heavy atom. The highest BCUT2D eigenvalue weighted by molar-refractivity contribution is 4.72. The first kappa shape index (κ1) is 11.0. The van der Waals surface area contributed by atoms with Gasteiger partial charge in [-0.2, -0.15) is 0 Å². The number of likely N-dealkylation sites (tertiary alicyclic amines) is 1. The van der Waals surface area contributed by atoms with Gasteiger partial charge in [0.25, 0.3) is 0 Å². The molecule has 1 aliphatic rings. The molecule has 1 heterocycles. The fourth-order valence-electron chi connectivity index (χ4n) is 1.89. The first-order valence-corrected chi connectivity index (χ1v) is 5.34. The molecular formula is C10H21NO2. The summed E-state index contributed by atoms with van der Waals surface area (Å²) in [7, 11) is 0. The van der Waals surface area contributed by atoms with Gasteiger partial charge in [0, 0.05) is 26.1 Å². The number of aliphatic hydroxyl groups is 1. The number of hydrogen-bond donors (Lipinski definition) is 1. The van der Waals surface area contributed by atoms with E-state index in [0.717, 1.165) is 13.1 Å². The summed E-state index contributed by atoms with van der Waals surface area (Å²) in [6.07, 6.45) is 4.27. The maximum Gasteiger partial charge on any atom is 0.227 e. The van der Waals surface area contributed by atoms with Gasteiger partial charge in [-0.1, -0.05) is 13.3 Å². The van der Waals surface area contributed by atoms with Crippen LogP contribution in [0.5, 0.6) is 0 Å². The first-order chi connectivity index (χ1) is 6.23. The zero-order chi connectivity index (χ0) is 9.73. The highest BCUT2D eigenvalue weighted by atomic mass is 16.6. The van der Waals surface area contributed by atoms with E-state index in [4.69, 9.17) is 4.74 Å². The Hall–Kier alpha value is -0.120. The maximum absolute atomic E-state index is 10.1. The Bertz CT molecular complexity index is 146. The predicted octanol–water partition coefficient (Wildman–Crippen LogP) is 1.56. The lowest BCUT2D eigenvalue weighted by molar-refractivity contribution is -0.295. The zero-order valence-electron chi connectivity index (χ0n) is 8.75. The molecule has 78 valence electrons. The van der Waals surface area contributed by atoms with Crippen molar-refractivity contribution < 1.29 is 9.84 Å². The summed E-state index contributed by atoms with van der Waals surface area (Å²) in [5, 5.41) is 10.1. The van der Waals surface area contributed by atoms with Crippen LogP contribution in [-0.4, -0.2) is 35.6 Å². The molecule has 0 aromatic carbocycles. The van der Waals surface area contributed by atoms with Crippen molar-refractivity contribution in [1.82, 2.24) is 4.90 Å². The van der Waals surface area contributed by atoms with Crippen molar-refractivity contribution in [2.75, 3.05) is 19.7 Å². The van der Waals surface area contributed by atoms with Crippen LogP contribution in [-0.2, 0) is 4.74 Å². The molecule has 0 bridgehead atoms. The molecule has 1 saturated heterocycles. The van der Waals surface area contributed by atoms with E-state index in [0.29, 0.717) is 13.0 Å². The van der Waals surface area contributed by atoms with Crippen LogP contribution >= 0.6 is 0 Å². The van der Waals surface area contributed by atoms with E-state index in [1.54, 1.807) is 0 Å². The van der Waals surface area contributed by atoms with Crippen molar-refractivity contribution in [3.05, 3.63) is 0 Å². The van der Waals surface area contributed by atoms with Crippen LogP contribution in [0.2, 0.25) is 0 Å². The van der Waals surface area contributed by atoms with Gasteiger partial charge in [0.05, 0.1) is 0 Å². The summed E-state index contributed by atoms with van der Waals surface area (Å²) in [6, 6.07) is 0. The summed E-state index contributed by atoms with van der Waals surface area (Å²) >= 11 is 0. The molecule has 0 saturated carbocycles. The Labute approximate surface area is 80.7 Å². The van der Waals surface area contributed by atoms with Gasteiger partial charge in [0.15, 0.2) is 0 Å². The molecule has 0 radical (unpaired) electrons. The minimum Gasteiger partial charge on any atom is -0.353 e. The average molecular weight is 187 g/mol. The number of ether oxygens (including phenoxy) is 1. The SMILES string of the molecule is CCO[C@@](O)(CC)N1CCCCC1. The fourth-order valence-corrected chi connectivity index (χ4v) is 1.89. The molecule has 0 aliphatic carbocycles. The monoisotopic (exact) mass is 187 g/mol. The van der Waals surface area contributed by atoms with Crippen LogP contribution in [0, 0.1) is 0 Å². The van der Waals surface area contributed by atoms with Crippen LogP contribution in [0.4, 0.5) is 0 Å². The van der Waals surface area contributed by atoms with Gasteiger partial charge in [-0.15, -0.1) is 0 Å². The molecular weight excluding hydrogens is 166 g/mol. The van der Waals surface area contributed by atoms with E-state index in [1.165, 1.54) is 19.3 Å². The molecule has 13 heavy (non-hydrogen) atoms. The lowest BCUT2D eigenvalue weighted by Crippen LogP contribution is -2.52. The number of nitrogens with zero attached hydrogens (tertiary/aromatic N) is 1. The van der Waals surface area contributed by atoms with Crippen LogP contribution in [0.3, 0.4) is 0 Å². The highest BCUT2D eigenvalue weighted by Crippen LogP contribution is 2.22. The Morgan fingerprint density at radius 2 is 1.85 bits per heavy atom. The lowest BCUT2D eigenvalue weighted by Gasteiger charge is -2.40.